The third-order valence-corrected chi connectivity index (χ3v) is 9.71. The number of nitrogens with zero attached hydrogens (tertiary/aromatic N) is 4. The summed E-state index contributed by atoms with van der Waals surface area (Å²) < 4.78 is 50.6. The number of hydrogen-bond acceptors (Lipinski definition) is 7. The van der Waals surface area contributed by atoms with Gasteiger partial charge in [-0.25, -0.2) is 21.8 Å². The zero-order valence-corrected chi connectivity index (χ0v) is 19.4. The molecule has 0 aromatic heterocycles. The summed E-state index contributed by atoms with van der Waals surface area (Å²) in [6.07, 6.45) is 0.604. The maximum atomic E-state index is 13.0. The van der Waals surface area contributed by atoms with Gasteiger partial charge in [0.1, 0.15) is 5.71 Å². The average Bonchev–Trinajstić information content (AvgIpc) is 3.13. The Kier molecular flexibility index (Phi) is 6.12. The van der Waals surface area contributed by atoms with Crippen molar-refractivity contribution >= 4 is 37.4 Å². The van der Waals surface area contributed by atoms with E-state index in [1.807, 2.05) is 6.92 Å². The standard InChI is InChI=1S/C20H26N4O6S2/c1-15-2-4-17(5-3-15)32(29,30)23-11-9-22(10-12-23)20(26)18-6-7-19(25)24(21-18)16-8-13-31(27,28)14-16/h2-5,16H,6-14H2,1H3. The molecule has 0 aliphatic carbocycles. The Morgan fingerprint density at radius 3 is 2.31 bits per heavy atom. The van der Waals surface area contributed by atoms with Crippen molar-refractivity contribution in [3.05, 3.63) is 29.8 Å². The Labute approximate surface area is 187 Å². The molecule has 1 atom stereocenters. The number of amides is 2. The highest BCUT2D eigenvalue weighted by atomic mass is 32.2. The second-order valence-corrected chi connectivity index (χ2v) is 12.5. The molecule has 0 bridgehead atoms. The predicted octanol–water partition coefficient (Wildman–Crippen LogP) is -0.00658. The van der Waals surface area contributed by atoms with Gasteiger partial charge in [0.2, 0.25) is 15.9 Å². The Bertz CT molecular complexity index is 1150. The van der Waals surface area contributed by atoms with Crippen molar-refractivity contribution in [2.45, 2.75) is 37.1 Å². The van der Waals surface area contributed by atoms with E-state index in [1.165, 1.54) is 9.31 Å². The van der Waals surface area contributed by atoms with Crippen molar-refractivity contribution in [1.82, 2.24) is 14.2 Å². The molecule has 10 nitrogen and oxygen atoms in total. The fourth-order valence-electron chi connectivity index (χ4n) is 4.15. The van der Waals surface area contributed by atoms with E-state index in [1.54, 1.807) is 29.2 Å². The molecule has 2 fully saturated rings. The van der Waals surface area contributed by atoms with Gasteiger partial charge in [-0.05, 0) is 25.5 Å². The third-order valence-electron chi connectivity index (χ3n) is 6.05. The second kappa shape index (κ2) is 8.56. The zero-order chi connectivity index (χ0) is 23.1. The van der Waals surface area contributed by atoms with E-state index in [0.29, 0.717) is 6.42 Å². The van der Waals surface area contributed by atoms with Gasteiger partial charge in [0, 0.05) is 39.0 Å². The van der Waals surface area contributed by atoms with Crippen LogP contribution in [0.15, 0.2) is 34.3 Å². The van der Waals surface area contributed by atoms with Gasteiger partial charge in [-0.1, -0.05) is 17.7 Å². The van der Waals surface area contributed by atoms with E-state index in [-0.39, 0.29) is 72.9 Å². The molecule has 1 aromatic carbocycles. The van der Waals surface area contributed by atoms with Crippen LogP contribution in [-0.2, 0) is 29.4 Å². The smallest absolute Gasteiger partial charge is 0.270 e. The number of carbonyl (C=O) groups is 2. The summed E-state index contributed by atoms with van der Waals surface area (Å²) in [6, 6.07) is 6.11. The van der Waals surface area contributed by atoms with E-state index < -0.39 is 25.9 Å². The molecule has 3 heterocycles. The lowest BCUT2D eigenvalue weighted by molar-refractivity contribution is -0.134. The van der Waals surface area contributed by atoms with Gasteiger partial charge in [-0.2, -0.15) is 9.41 Å². The molecule has 1 aromatic rings. The molecule has 0 saturated carbocycles. The van der Waals surface area contributed by atoms with Gasteiger partial charge in [-0.3, -0.25) is 9.59 Å². The largest absolute Gasteiger partial charge is 0.335 e. The zero-order valence-electron chi connectivity index (χ0n) is 17.8. The predicted molar refractivity (Wildman–Crippen MR) is 117 cm³/mol. The first-order chi connectivity index (χ1) is 15.1. The van der Waals surface area contributed by atoms with Crippen molar-refractivity contribution in [3.63, 3.8) is 0 Å². The highest BCUT2D eigenvalue weighted by Crippen LogP contribution is 2.23. The number of sulfone groups is 1. The summed E-state index contributed by atoms with van der Waals surface area (Å²) in [5.41, 5.74) is 1.18. The molecule has 174 valence electrons. The van der Waals surface area contributed by atoms with Crippen LogP contribution in [0.3, 0.4) is 0 Å². The number of hydrogen-bond donors (Lipinski definition) is 0. The lowest BCUT2D eigenvalue weighted by Crippen LogP contribution is -2.53. The summed E-state index contributed by atoms with van der Waals surface area (Å²) in [5.74, 6) is -0.745. The Hall–Kier alpha value is -2.31. The number of hydrazone groups is 1. The van der Waals surface area contributed by atoms with Gasteiger partial charge in [-0.15, -0.1) is 0 Å². The second-order valence-electron chi connectivity index (χ2n) is 8.35. The topological polar surface area (TPSA) is 124 Å². The lowest BCUT2D eigenvalue weighted by Gasteiger charge is -2.35. The van der Waals surface area contributed by atoms with Crippen LogP contribution in [-0.4, -0.2) is 92.3 Å². The van der Waals surface area contributed by atoms with E-state index in [2.05, 4.69) is 5.10 Å². The molecule has 3 aliphatic heterocycles. The summed E-state index contributed by atoms with van der Waals surface area (Å²) in [6.45, 7) is 2.65. The molecule has 32 heavy (non-hydrogen) atoms. The number of rotatable bonds is 4. The molecule has 0 spiro atoms. The van der Waals surface area contributed by atoms with Crippen LogP contribution in [0.5, 0.6) is 0 Å². The van der Waals surface area contributed by atoms with Crippen molar-refractivity contribution < 1.29 is 26.4 Å². The van der Waals surface area contributed by atoms with E-state index >= 15 is 0 Å². The summed E-state index contributed by atoms with van der Waals surface area (Å²) in [7, 11) is -6.83. The SMILES string of the molecule is Cc1ccc(S(=O)(=O)N2CCN(C(=O)C3=NN(C4CCS(=O)(=O)C4)C(=O)CC3)CC2)cc1. The molecular weight excluding hydrogens is 456 g/mol. The third kappa shape index (κ3) is 4.57. The van der Waals surface area contributed by atoms with Crippen molar-refractivity contribution in [2.75, 3.05) is 37.7 Å². The van der Waals surface area contributed by atoms with Crippen LogP contribution in [0.2, 0.25) is 0 Å². The highest BCUT2D eigenvalue weighted by molar-refractivity contribution is 7.91. The molecule has 0 N–H and O–H groups in total. The number of benzene rings is 1. The first-order valence-corrected chi connectivity index (χ1v) is 13.8. The van der Waals surface area contributed by atoms with Crippen molar-refractivity contribution in [1.29, 1.82) is 0 Å². The fraction of sp³-hybridized carbons (Fsp3) is 0.550. The minimum Gasteiger partial charge on any atom is -0.335 e. The van der Waals surface area contributed by atoms with Crippen molar-refractivity contribution in [3.8, 4) is 0 Å². The summed E-state index contributed by atoms with van der Waals surface area (Å²) in [4.78, 5) is 27.0. The number of piperazine rings is 1. The normalized spacial score (nSPS) is 24.5. The van der Waals surface area contributed by atoms with Crippen molar-refractivity contribution in [2.24, 2.45) is 5.10 Å². The Morgan fingerprint density at radius 2 is 1.72 bits per heavy atom. The molecule has 2 amide bonds. The molecule has 1 unspecified atom stereocenters. The average molecular weight is 483 g/mol. The highest BCUT2D eigenvalue weighted by Gasteiger charge is 2.38. The summed E-state index contributed by atoms with van der Waals surface area (Å²) in [5, 5.41) is 5.39. The van der Waals surface area contributed by atoms with Gasteiger partial charge in [0.25, 0.3) is 5.91 Å². The Morgan fingerprint density at radius 1 is 1.06 bits per heavy atom. The van der Waals surface area contributed by atoms with Gasteiger partial charge >= 0.3 is 0 Å². The van der Waals surface area contributed by atoms with Gasteiger partial charge < -0.3 is 4.90 Å². The Balaban J connectivity index is 1.42. The van der Waals surface area contributed by atoms with E-state index in [4.69, 9.17) is 0 Å². The van der Waals surface area contributed by atoms with Crippen LogP contribution >= 0.6 is 0 Å². The minimum absolute atomic E-state index is 0.0116. The first kappa shape index (κ1) is 22.9. The monoisotopic (exact) mass is 482 g/mol. The molecule has 4 rings (SSSR count). The summed E-state index contributed by atoms with van der Waals surface area (Å²) >= 11 is 0. The van der Waals surface area contributed by atoms with Crippen LogP contribution in [0.1, 0.15) is 24.8 Å². The number of aryl methyl sites for hydroxylation is 1. The van der Waals surface area contributed by atoms with Crippen LogP contribution in [0.4, 0.5) is 0 Å². The molecule has 0 radical (unpaired) electrons. The van der Waals surface area contributed by atoms with Gasteiger partial charge in [0.05, 0.1) is 22.4 Å². The molecule has 3 aliphatic rings. The van der Waals surface area contributed by atoms with Crippen LogP contribution in [0.25, 0.3) is 0 Å². The fourth-order valence-corrected chi connectivity index (χ4v) is 7.27. The lowest BCUT2D eigenvalue weighted by atomic mass is 10.1. The van der Waals surface area contributed by atoms with E-state index in [9.17, 15) is 26.4 Å². The molecular formula is C20H26N4O6S2. The minimum atomic E-state index is -3.64. The maximum absolute atomic E-state index is 13.0. The van der Waals surface area contributed by atoms with Crippen LogP contribution < -0.4 is 0 Å². The van der Waals surface area contributed by atoms with Crippen LogP contribution in [0, 0.1) is 6.92 Å². The van der Waals surface area contributed by atoms with Gasteiger partial charge in [0.15, 0.2) is 9.84 Å². The first-order valence-electron chi connectivity index (χ1n) is 10.5. The number of carbonyl (C=O) groups excluding carboxylic acids is 2. The molecule has 2 saturated heterocycles. The molecule has 12 heteroatoms. The quantitative estimate of drug-likeness (QED) is 0.595. The maximum Gasteiger partial charge on any atom is 0.270 e. The van der Waals surface area contributed by atoms with E-state index in [0.717, 1.165) is 5.56 Å². The number of sulfonamides is 1.